The Kier molecular flexibility index (Phi) is 3.10. The number of fused-ring (bicyclic) bond motifs is 1. The molecule has 0 aromatic rings. The van der Waals surface area contributed by atoms with E-state index in [4.69, 9.17) is 5.11 Å². The average molecular weight is 216 g/mol. The van der Waals surface area contributed by atoms with Gasteiger partial charge in [0.2, 0.25) is 0 Å². The molecule has 0 saturated heterocycles. The van der Waals surface area contributed by atoms with Gasteiger partial charge in [-0.05, 0) is 36.1 Å². The summed E-state index contributed by atoms with van der Waals surface area (Å²) in [7, 11) is 0. The standard InChI is InChI=1S/C12H12N2O2/c15-12(16)6-5-9-7-8-13-14-11-4-2-1-3-10(9)11/h1-2,4,7-8H,3,5-6H2,(H,15,16). The molecular formula is C12H12N2O2. The first-order valence-corrected chi connectivity index (χ1v) is 5.16. The first-order chi connectivity index (χ1) is 7.77. The smallest absolute Gasteiger partial charge is 0.303 e. The number of aliphatic carboxylic acids is 1. The number of rotatable bonds is 3. The molecule has 0 radical (unpaired) electrons. The van der Waals surface area contributed by atoms with Crippen molar-refractivity contribution in [3.8, 4) is 0 Å². The Hall–Kier alpha value is -1.97. The highest BCUT2D eigenvalue weighted by Crippen LogP contribution is 2.29. The summed E-state index contributed by atoms with van der Waals surface area (Å²) in [6.45, 7) is 0. The fourth-order valence-electron chi connectivity index (χ4n) is 1.73. The van der Waals surface area contributed by atoms with E-state index in [0.29, 0.717) is 6.42 Å². The van der Waals surface area contributed by atoms with E-state index in [1.807, 2.05) is 24.3 Å². The molecule has 16 heavy (non-hydrogen) atoms. The van der Waals surface area contributed by atoms with Crippen molar-refractivity contribution in [3.05, 3.63) is 47.3 Å². The minimum Gasteiger partial charge on any atom is -0.481 e. The molecule has 0 amide bonds. The Labute approximate surface area is 93.4 Å². The van der Waals surface area contributed by atoms with E-state index in [2.05, 4.69) is 10.2 Å². The summed E-state index contributed by atoms with van der Waals surface area (Å²) in [5.41, 5.74) is 2.94. The van der Waals surface area contributed by atoms with Crippen molar-refractivity contribution in [3.63, 3.8) is 0 Å². The normalized spacial score (nSPS) is 18.1. The van der Waals surface area contributed by atoms with Crippen LogP contribution in [-0.4, -0.2) is 11.1 Å². The molecule has 2 rings (SSSR count). The molecule has 1 aliphatic heterocycles. The molecule has 0 unspecified atom stereocenters. The van der Waals surface area contributed by atoms with Gasteiger partial charge in [-0.1, -0.05) is 12.2 Å². The lowest BCUT2D eigenvalue weighted by Gasteiger charge is -2.11. The topological polar surface area (TPSA) is 62.0 Å². The highest BCUT2D eigenvalue weighted by Gasteiger charge is 2.13. The third-order valence-corrected chi connectivity index (χ3v) is 2.53. The van der Waals surface area contributed by atoms with Crippen molar-refractivity contribution in [1.82, 2.24) is 0 Å². The Bertz CT molecular complexity index is 454. The molecule has 1 heterocycles. The average Bonchev–Trinajstić information content (AvgIpc) is 2.48. The molecule has 82 valence electrons. The van der Waals surface area contributed by atoms with Gasteiger partial charge in [0.05, 0.1) is 5.70 Å². The number of hydrogen-bond donors (Lipinski definition) is 1. The molecule has 0 bridgehead atoms. The van der Waals surface area contributed by atoms with Gasteiger partial charge >= 0.3 is 5.97 Å². The van der Waals surface area contributed by atoms with E-state index >= 15 is 0 Å². The SMILES string of the molecule is O=C(O)CCC1=C2CC=CC=C2N=NC=C1. The van der Waals surface area contributed by atoms with E-state index in [0.717, 1.165) is 23.3 Å². The maximum atomic E-state index is 10.6. The Morgan fingerprint density at radius 1 is 1.50 bits per heavy atom. The monoisotopic (exact) mass is 216 g/mol. The first kappa shape index (κ1) is 10.5. The van der Waals surface area contributed by atoms with Gasteiger partial charge in [-0.15, -0.1) is 0 Å². The number of carbonyl (C=O) groups is 1. The van der Waals surface area contributed by atoms with E-state index in [1.165, 1.54) is 0 Å². The summed E-state index contributed by atoms with van der Waals surface area (Å²) in [6.07, 6.45) is 10.8. The highest BCUT2D eigenvalue weighted by molar-refractivity contribution is 5.67. The summed E-state index contributed by atoms with van der Waals surface area (Å²) in [6, 6.07) is 0. The van der Waals surface area contributed by atoms with E-state index in [9.17, 15) is 4.79 Å². The van der Waals surface area contributed by atoms with Crippen molar-refractivity contribution < 1.29 is 9.90 Å². The molecule has 0 fully saturated rings. The predicted molar refractivity (Wildman–Crippen MR) is 59.7 cm³/mol. The van der Waals surface area contributed by atoms with Crippen LogP contribution in [0.1, 0.15) is 19.3 Å². The highest BCUT2D eigenvalue weighted by atomic mass is 16.4. The maximum absolute atomic E-state index is 10.6. The number of carboxylic acids is 1. The lowest BCUT2D eigenvalue weighted by molar-refractivity contribution is -0.136. The van der Waals surface area contributed by atoms with Crippen LogP contribution in [-0.2, 0) is 4.79 Å². The zero-order chi connectivity index (χ0) is 11.4. The molecule has 0 spiro atoms. The van der Waals surface area contributed by atoms with E-state index in [1.54, 1.807) is 6.20 Å². The number of azo groups is 1. The summed E-state index contributed by atoms with van der Waals surface area (Å²) < 4.78 is 0. The minimum absolute atomic E-state index is 0.139. The van der Waals surface area contributed by atoms with Gasteiger partial charge in [-0.25, -0.2) is 0 Å². The molecule has 0 atom stereocenters. The van der Waals surface area contributed by atoms with E-state index < -0.39 is 5.97 Å². The Morgan fingerprint density at radius 3 is 3.19 bits per heavy atom. The lowest BCUT2D eigenvalue weighted by atomic mass is 9.95. The largest absolute Gasteiger partial charge is 0.481 e. The summed E-state index contributed by atoms with van der Waals surface area (Å²) >= 11 is 0. The fourth-order valence-corrected chi connectivity index (χ4v) is 1.73. The maximum Gasteiger partial charge on any atom is 0.303 e. The Morgan fingerprint density at radius 2 is 2.38 bits per heavy atom. The van der Waals surface area contributed by atoms with Crippen molar-refractivity contribution >= 4 is 5.97 Å². The Balaban J connectivity index is 2.26. The molecule has 1 aliphatic carbocycles. The third kappa shape index (κ3) is 2.34. The van der Waals surface area contributed by atoms with Crippen LogP contribution in [0.25, 0.3) is 0 Å². The van der Waals surface area contributed by atoms with Crippen molar-refractivity contribution in [2.24, 2.45) is 10.2 Å². The number of carboxylic acid groups (broad SMARTS) is 1. The fraction of sp³-hybridized carbons (Fsp3) is 0.250. The van der Waals surface area contributed by atoms with Crippen LogP contribution in [0.2, 0.25) is 0 Å². The van der Waals surface area contributed by atoms with Crippen LogP contribution < -0.4 is 0 Å². The lowest BCUT2D eigenvalue weighted by Crippen LogP contribution is -1.99. The number of hydrogen-bond acceptors (Lipinski definition) is 3. The molecule has 0 aromatic carbocycles. The molecule has 1 N–H and O–H groups in total. The van der Waals surface area contributed by atoms with Crippen molar-refractivity contribution in [2.45, 2.75) is 19.3 Å². The summed E-state index contributed by atoms with van der Waals surface area (Å²) in [4.78, 5) is 10.6. The quantitative estimate of drug-likeness (QED) is 0.788. The van der Waals surface area contributed by atoms with Crippen LogP contribution in [0.5, 0.6) is 0 Å². The van der Waals surface area contributed by atoms with Crippen LogP contribution >= 0.6 is 0 Å². The zero-order valence-corrected chi connectivity index (χ0v) is 8.76. The summed E-state index contributed by atoms with van der Waals surface area (Å²) in [5.74, 6) is -0.781. The molecule has 0 aromatic heterocycles. The van der Waals surface area contributed by atoms with Crippen LogP contribution in [0, 0.1) is 0 Å². The van der Waals surface area contributed by atoms with Crippen LogP contribution in [0.4, 0.5) is 0 Å². The first-order valence-electron chi connectivity index (χ1n) is 5.16. The van der Waals surface area contributed by atoms with Gasteiger partial charge in [0.1, 0.15) is 0 Å². The molecule has 4 nitrogen and oxygen atoms in total. The number of nitrogens with zero attached hydrogens (tertiary/aromatic N) is 2. The van der Waals surface area contributed by atoms with Gasteiger partial charge in [-0.2, -0.15) is 10.2 Å². The predicted octanol–water partition coefficient (Wildman–Crippen LogP) is 2.97. The summed E-state index contributed by atoms with van der Waals surface area (Å²) in [5, 5.41) is 16.6. The number of allylic oxidation sites excluding steroid dienone is 6. The second-order valence-corrected chi connectivity index (χ2v) is 3.61. The van der Waals surface area contributed by atoms with Gasteiger partial charge in [0, 0.05) is 12.6 Å². The molecule has 2 aliphatic rings. The van der Waals surface area contributed by atoms with Crippen LogP contribution in [0.3, 0.4) is 0 Å². The van der Waals surface area contributed by atoms with Crippen LogP contribution in [0.15, 0.2) is 57.6 Å². The zero-order valence-electron chi connectivity index (χ0n) is 8.76. The van der Waals surface area contributed by atoms with Gasteiger partial charge in [0.25, 0.3) is 0 Å². The van der Waals surface area contributed by atoms with Crippen molar-refractivity contribution in [1.29, 1.82) is 0 Å². The minimum atomic E-state index is -0.781. The molecule has 0 saturated carbocycles. The second kappa shape index (κ2) is 4.70. The van der Waals surface area contributed by atoms with Gasteiger partial charge in [-0.3, -0.25) is 4.79 Å². The second-order valence-electron chi connectivity index (χ2n) is 3.61. The van der Waals surface area contributed by atoms with E-state index in [-0.39, 0.29) is 6.42 Å². The molecular weight excluding hydrogens is 204 g/mol. The van der Waals surface area contributed by atoms with Gasteiger partial charge < -0.3 is 5.11 Å². The van der Waals surface area contributed by atoms with Gasteiger partial charge in [0.15, 0.2) is 0 Å². The third-order valence-electron chi connectivity index (χ3n) is 2.53. The molecule has 4 heteroatoms. The van der Waals surface area contributed by atoms with Crippen molar-refractivity contribution in [2.75, 3.05) is 0 Å².